The van der Waals surface area contributed by atoms with Crippen LogP contribution in [0.2, 0.25) is 0 Å². The van der Waals surface area contributed by atoms with Crippen molar-refractivity contribution in [3.63, 3.8) is 0 Å². The second kappa shape index (κ2) is 58.7. The Morgan fingerprint density at radius 1 is 0.433 bits per heavy atom. The van der Waals surface area contributed by atoms with E-state index in [4.69, 9.17) is 0 Å². The minimum Gasteiger partial charge on any atom is -0.384 e. The Morgan fingerprint density at radius 2 is 0.800 bits per heavy atom. The van der Waals surface area contributed by atoms with Crippen LogP contribution in [0.3, 0.4) is 0 Å². The van der Waals surface area contributed by atoms with Gasteiger partial charge in [-0.2, -0.15) is 0 Å². The van der Waals surface area contributed by atoms with Crippen LogP contribution in [0.4, 0.5) is 0 Å². The van der Waals surface area contributed by atoms with E-state index in [-0.39, 0.29) is 24.0 Å². The molecule has 3 unspecified atom stereocenters. The maximum atomic E-state index is 12.2. The van der Waals surface area contributed by atoms with Gasteiger partial charge in [0.15, 0.2) is 0 Å². The molecule has 0 fully saturated rings. The summed E-state index contributed by atoms with van der Waals surface area (Å²) in [4.78, 5) is 23.2. The van der Waals surface area contributed by atoms with Crippen LogP contribution in [0.5, 0.6) is 0 Å². The summed E-state index contributed by atoms with van der Waals surface area (Å²) in [5, 5.41) is 30.6. The second-order valence-electron chi connectivity index (χ2n) is 26.1. The highest BCUT2D eigenvalue weighted by Gasteiger charge is 2.19. The summed E-state index contributed by atoms with van der Waals surface area (Å²) in [6.07, 6.45) is 56.8. The maximum Gasteiger partial charge on any atom is 0.251 e. The fourth-order valence-electron chi connectivity index (χ4n) is 11.6. The number of hydrogen-bond donors (Lipinski definition) is 9. The molecule has 1 aromatic carbocycles. The Labute approximate surface area is 554 Å². The van der Waals surface area contributed by atoms with E-state index in [0.717, 1.165) is 103 Å². The van der Waals surface area contributed by atoms with Gasteiger partial charge in [-0.05, 0) is 64.6 Å². The van der Waals surface area contributed by atoms with Crippen LogP contribution in [0.25, 0.3) is 0 Å². The van der Waals surface area contributed by atoms with E-state index in [2.05, 4.69) is 121 Å². The van der Waals surface area contributed by atoms with Crippen LogP contribution < -0.4 is 47.9 Å². The van der Waals surface area contributed by atoms with Crippen molar-refractivity contribution in [3.05, 3.63) is 146 Å². The van der Waals surface area contributed by atoms with Gasteiger partial charge in [-0.25, -0.2) is 0 Å². The number of carbonyl (C=O) groups is 2. The minimum absolute atomic E-state index is 0.0289. The van der Waals surface area contributed by atoms with E-state index in [1.807, 2.05) is 13.1 Å². The van der Waals surface area contributed by atoms with E-state index in [9.17, 15) is 9.59 Å². The second-order valence-corrected chi connectivity index (χ2v) is 26.1. The normalized spacial score (nSPS) is 12.0. The Morgan fingerprint density at radius 3 is 1.22 bits per heavy atom. The van der Waals surface area contributed by atoms with Gasteiger partial charge in [0.05, 0.1) is 31.7 Å². The minimum atomic E-state index is -0.0899. The lowest BCUT2D eigenvalue weighted by atomic mass is 9.98. The van der Waals surface area contributed by atoms with Gasteiger partial charge in [0, 0.05) is 76.7 Å². The highest BCUT2D eigenvalue weighted by Crippen LogP contribution is 2.20. The molecule has 3 atom stereocenters. The molecule has 90 heavy (non-hydrogen) atoms. The summed E-state index contributed by atoms with van der Waals surface area (Å²) >= 11 is 0. The van der Waals surface area contributed by atoms with Gasteiger partial charge in [-0.3, -0.25) is 9.59 Å². The number of benzene rings is 1. The Bertz CT molecular complexity index is 2110. The fraction of sp³-hybridized carbons (Fsp3) is 0.671. The van der Waals surface area contributed by atoms with E-state index < -0.39 is 0 Å². The summed E-state index contributed by atoms with van der Waals surface area (Å²) in [6, 6.07) is 6.99. The molecule has 0 spiro atoms. The molecule has 1 rings (SSSR count). The summed E-state index contributed by atoms with van der Waals surface area (Å²) in [5.74, 6) is -0.0899. The zero-order valence-electron chi connectivity index (χ0n) is 58.6. The van der Waals surface area contributed by atoms with Crippen molar-refractivity contribution in [2.75, 3.05) is 46.3 Å². The summed E-state index contributed by atoms with van der Waals surface area (Å²) in [7, 11) is 1.90. The molecule has 0 aromatic heterocycles. The quantitative estimate of drug-likeness (QED) is 0.0176. The first-order chi connectivity index (χ1) is 43.7. The number of aldehydes is 1. The van der Waals surface area contributed by atoms with E-state index in [0.29, 0.717) is 50.4 Å². The first-order valence-corrected chi connectivity index (χ1v) is 36.5. The lowest BCUT2D eigenvalue weighted by Crippen LogP contribution is -2.41. The van der Waals surface area contributed by atoms with Crippen LogP contribution in [-0.4, -0.2) is 76.6 Å². The lowest BCUT2D eigenvalue weighted by Gasteiger charge is -2.28. The number of carbonyl (C=O) groups excluding carboxylic acids is 2. The third kappa shape index (κ3) is 48.4. The number of amides is 1. The van der Waals surface area contributed by atoms with E-state index >= 15 is 0 Å². The molecular weight excluding hydrogens is 1110 g/mol. The summed E-state index contributed by atoms with van der Waals surface area (Å²) in [6.45, 7) is 46.3. The third-order valence-electron chi connectivity index (χ3n) is 17.4. The van der Waals surface area contributed by atoms with Crippen LogP contribution in [-0.2, 0) is 0 Å². The first kappa shape index (κ1) is 82.6. The molecule has 0 heterocycles. The van der Waals surface area contributed by atoms with Gasteiger partial charge in [0.2, 0.25) is 0 Å². The summed E-state index contributed by atoms with van der Waals surface area (Å²) in [5.41, 5.74) is 8.65. The number of hydrogen-bond acceptors (Lipinski definition) is 10. The van der Waals surface area contributed by atoms with Crippen LogP contribution in [0, 0.1) is 0 Å². The predicted octanol–water partition coefficient (Wildman–Crippen LogP) is 19.1. The largest absolute Gasteiger partial charge is 0.384 e. The number of allylic oxidation sites excluding steroid dienone is 1. The molecule has 11 heteroatoms. The number of rotatable bonds is 69. The van der Waals surface area contributed by atoms with E-state index in [1.54, 1.807) is 24.3 Å². The molecule has 0 saturated carbocycles. The van der Waals surface area contributed by atoms with Crippen molar-refractivity contribution in [2.24, 2.45) is 0 Å². The predicted molar refractivity (Wildman–Crippen MR) is 395 cm³/mol. The van der Waals surface area contributed by atoms with Gasteiger partial charge in [0.25, 0.3) is 5.91 Å². The standard InChI is InChI=1S/C79H139N9O2/c1-13-52-77(88-70(8)63-84-69(7)62-83-68(6)61-80-12)73(11)85-64-71(9)87-76(66(3)4)56-57-78(72(10)81-58-14-2)86-67(5)53-49-47-45-43-41-39-37-35-33-31-29-27-25-23-21-19-17-15-16-18-20-22-24-26-28-30-32-34-36-38-40-42-44-46-48-50-59-82-79(90)75-55-51-54-74(60-75)65-89/h14,51,54-55,60,65,76-78,80-81,83-88H,2-3,5-11,13,15-50,52-53,56-59,61-64H2,1,4,12H3,(H,82,90). The van der Waals surface area contributed by atoms with Crippen molar-refractivity contribution < 1.29 is 9.59 Å². The highest BCUT2D eigenvalue weighted by molar-refractivity contribution is 5.95. The molecule has 0 aliphatic carbocycles. The molecular formula is C79H139N9O2. The molecule has 1 aromatic rings. The monoisotopic (exact) mass is 1250 g/mol. The SMILES string of the molecule is C=CCNC(=C)C(CCC(NC(=C)CNC(=C)C(CCC)NC(=C)CNC(=C)CNC(=C)CNC)C(=C)C)NC(=C)CCCCCCCCCCCCCCCCCCCCCCCCCCCCCCCCCCCCCCNC(=O)c1cccc(C=O)c1. The molecule has 512 valence electrons. The third-order valence-corrected chi connectivity index (χ3v) is 17.4. The Hall–Kier alpha value is -5.42. The van der Waals surface area contributed by atoms with Gasteiger partial charge in [0.1, 0.15) is 6.29 Å². The van der Waals surface area contributed by atoms with E-state index in [1.165, 1.54) is 212 Å². The number of likely N-dealkylation sites (N-methyl/N-ethyl adjacent to an activating group) is 1. The first-order valence-electron chi connectivity index (χ1n) is 36.5. The zero-order valence-corrected chi connectivity index (χ0v) is 58.6. The molecule has 0 radical (unpaired) electrons. The molecule has 1 amide bonds. The number of unbranched alkanes of at least 4 members (excludes halogenated alkanes) is 35. The van der Waals surface area contributed by atoms with Crippen LogP contribution in [0.1, 0.15) is 298 Å². The lowest BCUT2D eigenvalue weighted by molar-refractivity contribution is 0.0953. The van der Waals surface area contributed by atoms with Crippen molar-refractivity contribution in [2.45, 2.75) is 295 Å². The Kier molecular flexibility index (Phi) is 53.8. The van der Waals surface area contributed by atoms with Gasteiger partial charge >= 0.3 is 0 Å². The van der Waals surface area contributed by atoms with Gasteiger partial charge in [-0.15, -0.1) is 6.58 Å². The van der Waals surface area contributed by atoms with Crippen molar-refractivity contribution in [1.82, 2.24) is 47.9 Å². The molecule has 0 aliphatic heterocycles. The fourth-order valence-corrected chi connectivity index (χ4v) is 11.6. The van der Waals surface area contributed by atoms with Crippen molar-refractivity contribution in [1.29, 1.82) is 0 Å². The van der Waals surface area contributed by atoms with Crippen LogP contribution >= 0.6 is 0 Å². The average Bonchev–Trinajstić information content (AvgIpc) is 3.53. The van der Waals surface area contributed by atoms with Crippen molar-refractivity contribution >= 4 is 12.2 Å². The van der Waals surface area contributed by atoms with Gasteiger partial charge in [-0.1, -0.05) is 308 Å². The average molecular weight is 1250 g/mol. The highest BCUT2D eigenvalue weighted by atomic mass is 16.1. The van der Waals surface area contributed by atoms with Crippen LogP contribution in [0.15, 0.2) is 135 Å². The zero-order chi connectivity index (χ0) is 65.9. The Balaban J connectivity index is 2.01. The number of nitrogens with one attached hydrogen (secondary N) is 9. The molecule has 11 nitrogen and oxygen atoms in total. The topological polar surface area (TPSA) is 142 Å². The molecule has 0 bridgehead atoms. The smallest absolute Gasteiger partial charge is 0.251 e. The van der Waals surface area contributed by atoms with Gasteiger partial charge < -0.3 is 47.9 Å². The molecule has 9 N–H and O–H groups in total. The van der Waals surface area contributed by atoms with Crippen molar-refractivity contribution in [3.8, 4) is 0 Å². The summed E-state index contributed by atoms with van der Waals surface area (Å²) < 4.78 is 0. The molecule has 0 saturated heterocycles. The molecule has 0 aliphatic rings. The maximum absolute atomic E-state index is 12.2.